The summed E-state index contributed by atoms with van der Waals surface area (Å²) in [6.45, 7) is 5.19. The van der Waals surface area contributed by atoms with E-state index in [1.807, 2.05) is 0 Å². The summed E-state index contributed by atoms with van der Waals surface area (Å²) in [5, 5.41) is 7.62. The molecule has 4 nitrogen and oxygen atoms in total. The SMILES string of the molecule is N=C(N)c1cc(F)ccc1CN1CCN2CCCCC2C1. The molecule has 1 atom stereocenters. The molecule has 5 heteroatoms. The zero-order valence-electron chi connectivity index (χ0n) is 12.3. The summed E-state index contributed by atoms with van der Waals surface area (Å²) in [7, 11) is 0. The van der Waals surface area contributed by atoms with E-state index in [9.17, 15) is 4.39 Å². The van der Waals surface area contributed by atoms with E-state index in [2.05, 4.69) is 9.80 Å². The molecule has 2 heterocycles. The van der Waals surface area contributed by atoms with Gasteiger partial charge in [0.15, 0.2) is 0 Å². The third-order valence-electron chi connectivity index (χ3n) is 4.68. The molecule has 0 bridgehead atoms. The number of piperazine rings is 1. The number of amidine groups is 1. The van der Waals surface area contributed by atoms with Crippen molar-refractivity contribution >= 4 is 5.84 Å². The number of nitrogens with two attached hydrogens (primary N) is 1. The van der Waals surface area contributed by atoms with Crippen molar-refractivity contribution in [3.8, 4) is 0 Å². The number of hydrogen-bond acceptors (Lipinski definition) is 3. The van der Waals surface area contributed by atoms with Gasteiger partial charge in [-0.2, -0.15) is 0 Å². The number of nitrogen functional groups attached to an aromatic ring is 1. The van der Waals surface area contributed by atoms with Gasteiger partial charge >= 0.3 is 0 Å². The summed E-state index contributed by atoms with van der Waals surface area (Å²) < 4.78 is 13.3. The van der Waals surface area contributed by atoms with E-state index in [1.165, 1.54) is 37.9 Å². The molecule has 0 aromatic heterocycles. The fourth-order valence-electron chi connectivity index (χ4n) is 3.54. The van der Waals surface area contributed by atoms with Crippen molar-refractivity contribution in [3.05, 3.63) is 35.1 Å². The number of hydrogen-bond donors (Lipinski definition) is 2. The quantitative estimate of drug-likeness (QED) is 0.659. The molecule has 21 heavy (non-hydrogen) atoms. The highest BCUT2D eigenvalue weighted by molar-refractivity contribution is 5.96. The van der Waals surface area contributed by atoms with E-state index >= 15 is 0 Å². The summed E-state index contributed by atoms with van der Waals surface area (Å²) in [4.78, 5) is 5.00. The minimum atomic E-state index is -0.332. The van der Waals surface area contributed by atoms with Crippen molar-refractivity contribution in [1.82, 2.24) is 9.80 Å². The smallest absolute Gasteiger partial charge is 0.123 e. The summed E-state index contributed by atoms with van der Waals surface area (Å²) >= 11 is 0. The van der Waals surface area contributed by atoms with Crippen LogP contribution in [0.5, 0.6) is 0 Å². The van der Waals surface area contributed by atoms with Crippen LogP contribution in [-0.2, 0) is 6.54 Å². The Morgan fingerprint density at radius 2 is 2.14 bits per heavy atom. The Bertz CT molecular complexity index is 531. The number of nitrogens with one attached hydrogen (secondary N) is 1. The second-order valence-corrected chi connectivity index (χ2v) is 6.14. The molecule has 0 aliphatic carbocycles. The molecule has 2 saturated heterocycles. The molecule has 3 rings (SSSR count). The molecule has 2 aliphatic heterocycles. The van der Waals surface area contributed by atoms with Crippen molar-refractivity contribution in [1.29, 1.82) is 5.41 Å². The standard InChI is InChI=1S/C16H23FN4/c17-13-5-4-12(15(9-13)16(18)19)10-20-7-8-21-6-2-1-3-14(21)11-20/h4-5,9,14H,1-3,6-8,10-11H2,(H3,18,19). The highest BCUT2D eigenvalue weighted by Gasteiger charge is 2.29. The predicted octanol–water partition coefficient (Wildman–Crippen LogP) is 1.78. The average Bonchev–Trinajstić information content (AvgIpc) is 2.49. The lowest BCUT2D eigenvalue weighted by Crippen LogP contribution is -2.54. The zero-order valence-corrected chi connectivity index (χ0v) is 12.3. The van der Waals surface area contributed by atoms with Gasteiger partial charge in [0.2, 0.25) is 0 Å². The molecular formula is C16H23FN4. The third kappa shape index (κ3) is 3.24. The van der Waals surface area contributed by atoms with Gasteiger partial charge in [0.1, 0.15) is 11.7 Å². The topological polar surface area (TPSA) is 56.4 Å². The molecule has 1 unspecified atom stereocenters. The second-order valence-electron chi connectivity index (χ2n) is 6.14. The molecule has 3 N–H and O–H groups in total. The van der Waals surface area contributed by atoms with Gasteiger partial charge in [-0.05, 0) is 37.1 Å². The van der Waals surface area contributed by atoms with Crippen LogP contribution in [0.3, 0.4) is 0 Å². The molecule has 1 aromatic carbocycles. The van der Waals surface area contributed by atoms with Gasteiger partial charge in [-0.1, -0.05) is 12.5 Å². The van der Waals surface area contributed by atoms with Gasteiger partial charge in [-0.25, -0.2) is 4.39 Å². The van der Waals surface area contributed by atoms with E-state index in [0.717, 1.165) is 31.7 Å². The maximum Gasteiger partial charge on any atom is 0.123 e. The van der Waals surface area contributed by atoms with Gasteiger partial charge in [0.25, 0.3) is 0 Å². The maximum atomic E-state index is 13.3. The van der Waals surface area contributed by atoms with Gasteiger partial charge in [0.05, 0.1) is 0 Å². The predicted molar refractivity (Wildman–Crippen MR) is 81.9 cm³/mol. The van der Waals surface area contributed by atoms with E-state index < -0.39 is 0 Å². The highest BCUT2D eigenvalue weighted by Crippen LogP contribution is 2.23. The first kappa shape index (κ1) is 14.5. The first-order chi connectivity index (χ1) is 10.1. The van der Waals surface area contributed by atoms with E-state index in [-0.39, 0.29) is 11.7 Å². The van der Waals surface area contributed by atoms with Crippen LogP contribution >= 0.6 is 0 Å². The van der Waals surface area contributed by atoms with Crippen molar-refractivity contribution in [2.45, 2.75) is 31.8 Å². The maximum absolute atomic E-state index is 13.3. The molecule has 0 amide bonds. The molecule has 0 saturated carbocycles. The van der Waals surface area contributed by atoms with Crippen molar-refractivity contribution < 1.29 is 4.39 Å². The Morgan fingerprint density at radius 1 is 1.29 bits per heavy atom. The first-order valence-corrected chi connectivity index (χ1v) is 7.73. The van der Waals surface area contributed by atoms with E-state index in [4.69, 9.17) is 11.1 Å². The van der Waals surface area contributed by atoms with Gasteiger partial charge in [-0.15, -0.1) is 0 Å². The third-order valence-corrected chi connectivity index (χ3v) is 4.68. The minimum Gasteiger partial charge on any atom is -0.384 e. The largest absolute Gasteiger partial charge is 0.384 e. The number of fused-ring (bicyclic) bond motifs is 1. The molecule has 2 aliphatic rings. The molecule has 0 radical (unpaired) electrons. The van der Waals surface area contributed by atoms with Crippen LogP contribution in [0.4, 0.5) is 4.39 Å². The minimum absolute atomic E-state index is 0.0548. The van der Waals surface area contributed by atoms with Crippen molar-refractivity contribution in [3.63, 3.8) is 0 Å². The monoisotopic (exact) mass is 290 g/mol. The van der Waals surface area contributed by atoms with Crippen LogP contribution in [-0.4, -0.2) is 47.9 Å². The van der Waals surface area contributed by atoms with E-state index in [0.29, 0.717) is 11.6 Å². The van der Waals surface area contributed by atoms with Crippen molar-refractivity contribution in [2.75, 3.05) is 26.2 Å². The average molecular weight is 290 g/mol. The zero-order chi connectivity index (χ0) is 14.8. The van der Waals surface area contributed by atoms with Crippen LogP contribution in [0, 0.1) is 11.2 Å². The number of nitrogens with zero attached hydrogens (tertiary/aromatic N) is 2. The Balaban J connectivity index is 1.71. The van der Waals surface area contributed by atoms with Gasteiger partial charge in [0, 0.05) is 37.8 Å². The van der Waals surface area contributed by atoms with Crippen molar-refractivity contribution in [2.24, 2.45) is 5.73 Å². The van der Waals surface area contributed by atoms with Gasteiger partial charge < -0.3 is 5.73 Å². The van der Waals surface area contributed by atoms with Crippen LogP contribution < -0.4 is 5.73 Å². The number of halogens is 1. The molecule has 2 fully saturated rings. The van der Waals surface area contributed by atoms with E-state index in [1.54, 1.807) is 6.07 Å². The summed E-state index contributed by atoms with van der Waals surface area (Å²) in [6.07, 6.45) is 3.92. The van der Waals surface area contributed by atoms with Crippen LogP contribution in [0.25, 0.3) is 0 Å². The number of rotatable bonds is 3. The summed E-state index contributed by atoms with van der Waals surface area (Å²) in [5.41, 5.74) is 7.07. The molecule has 114 valence electrons. The molecule has 1 aromatic rings. The Morgan fingerprint density at radius 3 is 2.95 bits per heavy atom. The highest BCUT2D eigenvalue weighted by atomic mass is 19.1. The number of benzene rings is 1. The van der Waals surface area contributed by atoms with Crippen LogP contribution in [0.15, 0.2) is 18.2 Å². The fraction of sp³-hybridized carbons (Fsp3) is 0.562. The number of piperidine rings is 1. The van der Waals surface area contributed by atoms with Gasteiger partial charge in [-0.3, -0.25) is 15.2 Å². The lowest BCUT2D eigenvalue weighted by molar-refractivity contribution is 0.0456. The van der Waals surface area contributed by atoms with Crippen LogP contribution in [0.2, 0.25) is 0 Å². The first-order valence-electron chi connectivity index (χ1n) is 7.73. The Hall–Kier alpha value is -1.46. The normalized spacial score (nSPS) is 23.8. The Kier molecular flexibility index (Phi) is 4.22. The summed E-state index contributed by atoms with van der Waals surface area (Å²) in [5.74, 6) is -0.387. The second kappa shape index (κ2) is 6.12. The van der Waals surface area contributed by atoms with Crippen LogP contribution in [0.1, 0.15) is 30.4 Å². The Labute approximate surface area is 125 Å². The summed E-state index contributed by atoms with van der Waals surface area (Å²) in [6, 6.07) is 5.25. The fourth-order valence-corrected chi connectivity index (χ4v) is 3.54. The lowest BCUT2D eigenvalue weighted by atomic mass is 9.98. The molecular weight excluding hydrogens is 267 g/mol. The lowest BCUT2D eigenvalue weighted by Gasteiger charge is -2.44. The molecule has 0 spiro atoms.